The van der Waals surface area contributed by atoms with Gasteiger partial charge >= 0.3 is 0 Å². The highest BCUT2D eigenvalue weighted by atomic mass is 15.1. The van der Waals surface area contributed by atoms with Gasteiger partial charge in [-0.05, 0) is 30.7 Å². The Kier molecular flexibility index (Phi) is 4.12. The van der Waals surface area contributed by atoms with Crippen LogP contribution < -0.4 is 10.2 Å². The van der Waals surface area contributed by atoms with Crippen LogP contribution in [0.3, 0.4) is 0 Å². The van der Waals surface area contributed by atoms with E-state index in [1.807, 2.05) is 43.8 Å². The van der Waals surface area contributed by atoms with E-state index in [-0.39, 0.29) is 0 Å². The summed E-state index contributed by atoms with van der Waals surface area (Å²) < 4.78 is 0. The van der Waals surface area contributed by atoms with E-state index < -0.39 is 0 Å². The van der Waals surface area contributed by atoms with Gasteiger partial charge in [-0.3, -0.25) is 4.98 Å². The molecule has 0 aliphatic rings. The summed E-state index contributed by atoms with van der Waals surface area (Å²) in [5.74, 6) is 0.890. The second kappa shape index (κ2) is 6.00. The molecule has 0 aliphatic heterocycles. The van der Waals surface area contributed by atoms with Crippen molar-refractivity contribution in [3.8, 4) is 0 Å². The lowest BCUT2D eigenvalue weighted by Gasteiger charge is -2.23. The van der Waals surface area contributed by atoms with Crippen LogP contribution in [0.5, 0.6) is 0 Å². The van der Waals surface area contributed by atoms with Crippen molar-refractivity contribution in [2.75, 3.05) is 23.8 Å². The lowest BCUT2D eigenvalue weighted by molar-refractivity contribution is 0.829. The average molecular weight is 242 g/mol. The molecule has 2 aromatic heterocycles. The summed E-state index contributed by atoms with van der Waals surface area (Å²) in [6, 6.07) is 8.18. The van der Waals surface area contributed by atoms with E-state index in [9.17, 15) is 0 Å². The Bertz CT molecular complexity index is 484. The number of hydrogen-bond acceptors (Lipinski definition) is 4. The first-order valence-corrected chi connectivity index (χ1v) is 6.11. The normalized spacial score (nSPS) is 10.1. The lowest BCUT2D eigenvalue weighted by atomic mass is 10.2. The maximum absolute atomic E-state index is 4.23. The van der Waals surface area contributed by atoms with Gasteiger partial charge in [-0.25, -0.2) is 4.98 Å². The lowest BCUT2D eigenvalue weighted by Crippen LogP contribution is -2.22. The van der Waals surface area contributed by atoms with E-state index in [0.29, 0.717) is 0 Å². The quantitative estimate of drug-likeness (QED) is 0.874. The second-order valence-electron chi connectivity index (χ2n) is 4.02. The summed E-state index contributed by atoms with van der Waals surface area (Å²) in [7, 11) is 1.88. The Morgan fingerprint density at radius 3 is 2.61 bits per heavy atom. The molecule has 2 rings (SSSR count). The van der Waals surface area contributed by atoms with Crippen molar-refractivity contribution in [2.24, 2.45) is 0 Å². The summed E-state index contributed by atoms with van der Waals surface area (Å²) >= 11 is 0. The third-order valence-electron chi connectivity index (χ3n) is 2.87. The fourth-order valence-corrected chi connectivity index (χ4v) is 1.85. The summed E-state index contributed by atoms with van der Waals surface area (Å²) in [5.41, 5.74) is 2.43. The molecule has 0 radical (unpaired) electrons. The topological polar surface area (TPSA) is 41.1 Å². The van der Waals surface area contributed by atoms with Gasteiger partial charge in [-0.15, -0.1) is 0 Å². The van der Waals surface area contributed by atoms with Gasteiger partial charge in [-0.1, -0.05) is 0 Å². The van der Waals surface area contributed by atoms with Crippen LogP contribution >= 0.6 is 0 Å². The van der Waals surface area contributed by atoms with Crippen LogP contribution in [0, 0.1) is 0 Å². The van der Waals surface area contributed by atoms with Crippen LogP contribution in [0.1, 0.15) is 12.5 Å². The Hall–Kier alpha value is -2.10. The number of pyridine rings is 2. The fourth-order valence-electron chi connectivity index (χ4n) is 1.85. The van der Waals surface area contributed by atoms with Crippen LogP contribution in [0.15, 0.2) is 42.9 Å². The second-order valence-corrected chi connectivity index (χ2v) is 4.02. The molecule has 0 bridgehead atoms. The van der Waals surface area contributed by atoms with Gasteiger partial charge in [0.25, 0.3) is 0 Å². The molecule has 0 saturated carbocycles. The first-order chi connectivity index (χ1) is 8.83. The van der Waals surface area contributed by atoms with Crippen molar-refractivity contribution in [3.63, 3.8) is 0 Å². The van der Waals surface area contributed by atoms with Crippen molar-refractivity contribution in [1.29, 1.82) is 0 Å². The molecule has 2 heterocycles. The molecule has 4 heteroatoms. The van der Waals surface area contributed by atoms with Crippen molar-refractivity contribution in [3.05, 3.63) is 48.4 Å². The van der Waals surface area contributed by atoms with Crippen LogP contribution in [0.25, 0.3) is 0 Å². The maximum Gasteiger partial charge on any atom is 0.127 e. The molecule has 2 aromatic rings. The van der Waals surface area contributed by atoms with Crippen LogP contribution in [0.4, 0.5) is 11.5 Å². The molecule has 0 atom stereocenters. The number of anilines is 2. The number of rotatable bonds is 5. The van der Waals surface area contributed by atoms with E-state index in [0.717, 1.165) is 18.9 Å². The van der Waals surface area contributed by atoms with Gasteiger partial charge in [0.2, 0.25) is 0 Å². The summed E-state index contributed by atoms with van der Waals surface area (Å²) in [4.78, 5) is 10.6. The Morgan fingerprint density at radius 2 is 1.94 bits per heavy atom. The first kappa shape index (κ1) is 12.4. The molecule has 0 unspecified atom stereocenters. The van der Waals surface area contributed by atoms with Gasteiger partial charge in [-0.2, -0.15) is 0 Å². The largest absolute Gasteiger partial charge is 0.373 e. The number of aromatic nitrogens is 2. The van der Waals surface area contributed by atoms with Crippen molar-refractivity contribution < 1.29 is 0 Å². The Morgan fingerprint density at radius 1 is 1.17 bits per heavy atom. The molecule has 0 spiro atoms. The molecule has 0 aliphatic carbocycles. The van der Waals surface area contributed by atoms with Gasteiger partial charge in [0, 0.05) is 50.5 Å². The minimum atomic E-state index is 0.881. The summed E-state index contributed by atoms with van der Waals surface area (Å²) in [6.45, 7) is 3.99. The van der Waals surface area contributed by atoms with Crippen LogP contribution in [0.2, 0.25) is 0 Å². The minimum absolute atomic E-state index is 0.881. The molecular formula is C14H18N4. The first-order valence-electron chi connectivity index (χ1n) is 6.11. The molecule has 18 heavy (non-hydrogen) atoms. The van der Waals surface area contributed by atoms with E-state index in [4.69, 9.17) is 0 Å². The fraction of sp³-hybridized carbons (Fsp3) is 0.286. The van der Waals surface area contributed by atoms with Gasteiger partial charge in [0.1, 0.15) is 5.82 Å². The number of hydrogen-bond donors (Lipinski definition) is 1. The van der Waals surface area contributed by atoms with E-state index >= 15 is 0 Å². The molecule has 0 saturated heterocycles. The van der Waals surface area contributed by atoms with Crippen LogP contribution in [-0.2, 0) is 6.54 Å². The predicted molar refractivity (Wildman–Crippen MR) is 74.7 cm³/mol. The van der Waals surface area contributed by atoms with E-state index in [1.54, 1.807) is 0 Å². The Balaban J connectivity index is 2.17. The number of nitrogens with zero attached hydrogens (tertiary/aromatic N) is 3. The molecular weight excluding hydrogens is 224 g/mol. The third kappa shape index (κ3) is 2.97. The van der Waals surface area contributed by atoms with Crippen molar-refractivity contribution >= 4 is 11.5 Å². The zero-order chi connectivity index (χ0) is 12.8. The highest BCUT2D eigenvalue weighted by Gasteiger charge is 2.06. The van der Waals surface area contributed by atoms with E-state index in [1.165, 1.54) is 11.3 Å². The third-order valence-corrected chi connectivity index (χ3v) is 2.87. The molecule has 4 nitrogen and oxygen atoms in total. The molecule has 1 N–H and O–H groups in total. The van der Waals surface area contributed by atoms with E-state index in [2.05, 4.69) is 33.2 Å². The van der Waals surface area contributed by atoms with Crippen LogP contribution in [-0.4, -0.2) is 23.6 Å². The number of nitrogens with one attached hydrogen (secondary N) is 1. The molecule has 0 amide bonds. The SMILES string of the molecule is CCN(Cc1ccncc1)c1ccnc(NC)c1. The van der Waals surface area contributed by atoms with Gasteiger partial charge in [0.15, 0.2) is 0 Å². The monoisotopic (exact) mass is 242 g/mol. The standard InChI is InChI=1S/C14H18N4/c1-3-18(11-12-4-7-16-8-5-12)13-6-9-17-14(10-13)15-2/h4-10H,3,11H2,1-2H3,(H,15,17). The summed E-state index contributed by atoms with van der Waals surface area (Å²) in [5, 5.41) is 3.06. The molecule has 94 valence electrons. The molecule has 0 aromatic carbocycles. The summed E-state index contributed by atoms with van der Waals surface area (Å²) in [6.07, 6.45) is 5.49. The zero-order valence-electron chi connectivity index (χ0n) is 10.8. The van der Waals surface area contributed by atoms with Crippen molar-refractivity contribution in [1.82, 2.24) is 9.97 Å². The van der Waals surface area contributed by atoms with Crippen molar-refractivity contribution in [2.45, 2.75) is 13.5 Å². The Labute approximate surface area is 108 Å². The average Bonchev–Trinajstić information content (AvgIpc) is 2.46. The minimum Gasteiger partial charge on any atom is -0.373 e. The highest BCUT2D eigenvalue weighted by Crippen LogP contribution is 2.19. The van der Waals surface area contributed by atoms with Gasteiger partial charge in [0.05, 0.1) is 0 Å². The smallest absolute Gasteiger partial charge is 0.127 e. The molecule has 0 fully saturated rings. The highest BCUT2D eigenvalue weighted by molar-refractivity contribution is 5.53. The zero-order valence-corrected chi connectivity index (χ0v) is 10.8. The van der Waals surface area contributed by atoms with Gasteiger partial charge < -0.3 is 10.2 Å². The maximum atomic E-state index is 4.23. The predicted octanol–water partition coefficient (Wildman–Crippen LogP) is 2.54.